The predicted molar refractivity (Wildman–Crippen MR) is 127 cm³/mol. The van der Waals surface area contributed by atoms with E-state index < -0.39 is 0 Å². The van der Waals surface area contributed by atoms with E-state index >= 15 is 0 Å². The molecule has 30 heavy (non-hydrogen) atoms. The average molecular weight is 542 g/mol. The lowest BCUT2D eigenvalue weighted by Crippen LogP contribution is -2.30. The number of nitrogens with two attached hydrogens (primary N) is 1. The molecule has 2 N–H and O–H groups in total. The van der Waals surface area contributed by atoms with Gasteiger partial charge in [0.15, 0.2) is 5.82 Å². The van der Waals surface area contributed by atoms with Crippen molar-refractivity contribution in [2.24, 2.45) is 0 Å². The highest BCUT2D eigenvalue weighted by atomic mass is 79.9. The highest BCUT2D eigenvalue weighted by Crippen LogP contribution is 2.30. The van der Waals surface area contributed by atoms with Gasteiger partial charge in [-0.25, -0.2) is 9.97 Å². The van der Waals surface area contributed by atoms with Gasteiger partial charge in [-0.3, -0.25) is 10.1 Å². The zero-order valence-electron chi connectivity index (χ0n) is 16.8. The molecule has 0 radical (unpaired) electrons. The summed E-state index contributed by atoms with van der Waals surface area (Å²) in [6, 6.07) is 3.42. The van der Waals surface area contributed by atoms with Crippen LogP contribution in [0.1, 0.15) is 38.5 Å². The van der Waals surface area contributed by atoms with E-state index in [0.29, 0.717) is 10.3 Å². The fraction of sp³-hybridized carbons (Fsp3) is 0.500. The molecule has 4 rings (SSSR count). The van der Waals surface area contributed by atoms with E-state index in [1.165, 1.54) is 31.7 Å². The Morgan fingerprint density at radius 2 is 1.30 bits per heavy atom. The topological polar surface area (TPSA) is 101 Å². The standard InChI is InChI=1S/C10H12BrN3O2.C10H14BrN3/c11-8-6-9(14(15)16)10(12-7-8)13-4-2-1-3-5-13;11-8-6-9(12)10(13-7-8)14-4-2-1-3-5-14/h6-7H,1-5H2;6-7H,1-5,12H2. The summed E-state index contributed by atoms with van der Waals surface area (Å²) in [5.74, 6) is 1.43. The number of hydrogen-bond donors (Lipinski definition) is 1. The molecule has 0 spiro atoms. The molecule has 0 aromatic carbocycles. The van der Waals surface area contributed by atoms with Gasteiger partial charge in [-0.15, -0.1) is 0 Å². The third kappa shape index (κ3) is 6.04. The second-order valence-electron chi connectivity index (χ2n) is 7.42. The average Bonchev–Trinajstić information content (AvgIpc) is 2.75. The Bertz CT molecular complexity index is 870. The Balaban J connectivity index is 0.000000172. The highest BCUT2D eigenvalue weighted by Gasteiger charge is 2.22. The van der Waals surface area contributed by atoms with Crippen molar-refractivity contribution in [1.29, 1.82) is 0 Å². The molecule has 2 aliphatic rings. The summed E-state index contributed by atoms with van der Waals surface area (Å²) in [4.78, 5) is 23.3. The zero-order valence-corrected chi connectivity index (χ0v) is 19.9. The maximum atomic E-state index is 10.9. The van der Waals surface area contributed by atoms with Gasteiger partial charge in [-0.05, 0) is 76.5 Å². The van der Waals surface area contributed by atoms with E-state index in [0.717, 1.165) is 55.0 Å². The zero-order chi connectivity index (χ0) is 21.5. The van der Waals surface area contributed by atoms with Gasteiger partial charge in [0.25, 0.3) is 0 Å². The van der Waals surface area contributed by atoms with Crippen LogP contribution in [0.15, 0.2) is 33.5 Å². The van der Waals surface area contributed by atoms with Crippen LogP contribution in [0.25, 0.3) is 0 Å². The Kier molecular flexibility index (Phi) is 8.26. The lowest BCUT2D eigenvalue weighted by molar-refractivity contribution is -0.384. The van der Waals surface area contributed by atoms with Crippen molar-refractivity contribution in [2.75, 3.05) is 41.7 Å². The SMILES string of the molecule is Nc1cc(Br)cnc1N1CCCCC1.O=[N+]([O-])c1cc(Br)cnc1N1CCCCC1. The normalized spacial score (nSPS) is 16.6. The number of nitrogen functional groups attached to an aromatic ring is 1. The summed E-state index contributed by atoms with van der Waals surface area (Å²) in [6.07, 6.45) is 10.6. The van der Waals surface area contributed by atoms with E-state index in [-0.39, 0.29) is 10.6 Å². The number of nitrogens with zero attached hydrogens (tertiary/aromatic N) is 5. The molecule has 0 atom stereocenters. The number of rotatable bonds is 3. The minimum atomic E-state index is -0.373. The maximum Gasteiger partial charge on any atom is 0.312 e. The molecule has 2 aromatic rings. The molecule has 8 nitrogen and oxygen atoms in total. The van der Waals surface area contributed by atoms with Gasteiger partial charge < -0.3 is 15.5 Å². The van der Waals surface area contributed by atoms with E-state index in [2.05, 4.69) is 46.7 Å². The molecular formula is C20H26Br2N6O2. The molecule has 0 unspecified atom stereocenters. The highest BCUT2D eigenvalue weighted by molar-refractivity contribution is 9.10. The van der Waals surface area contributed by atoms with Crippen LogP contribution in [-0.4, -0.2) is 41.1 Å². The van der Waals surface area contributed by atoms with Crippen LogP contribution in [0, 0.1) is 10.1 Å². The maximum absolute atomic E-state index is 10.9. The van der Waals surface area contributed by atoms with Crippen LogP contribution in [-0.2, 0) is 0 Å². The number of halogens is 2. The molecule has 0 bridgehead atoms. The van der Waals surface area contributed by atoms with E-state index in [1.807, 2.05) is 11.0 Å². The van der Waals surface area contributed by atoms with Crippen molar-refractivity contribution in [1.82, 2.24) is 9.97 Å². The lowest BCUT2D eigenvalue weighted by atomic mass is 10.1. The van der Waals surface area contributed by atoms with Gasteiger partial charge in [0.1, 0.15) is 0 Å². The monoisotopic (exact) mass is 540 g/mol. The van der Waals surface area contributed by atoms with Crippen molar-refractivity contribution in [3.8, 4) is 0 Å². The molecule has 2 aromatic heterocycles. The lowest BCUT2D eigenvalue weighted by Gasteiger charge is -2.28. The first-order chi connectivity index (χ1) is 14.5. The number of nitro groups is 1. The van der Waals surface area contributed by atoms with Gasteiger partial charge in [-0.2, -0.15) is 0 Å². The first kappa shape index (κ1) is 22.7. The minimum absolute atomic E-state index is 0.0799. The summed E-state index contributed by atoms with van der Waals surface area (Å²) in [5.41, 5.74) is 6.76. The molecule has 0 aliphatic carbocycles. The van der Waals surface area contributed by atoms with Crippen LogP contribution in [0.4, 0.5) is 23.0 Å². The number of aromatic nitrogens is 2. The number of hydrogen-bond acceptors (Lipinski definition) is 7. The Morgan fingerprint density at radius 3 is 1.80 bits per heavy atom. The second-order valence-corrected chi connectivity index (χ2v) is 9.25. The van der Waals surface area contributed by atoms with E-state index in [9.17, 15) is 10.1 Å². The van der Waals surface area contributed by atoms with Crippen molar-refractivity contribution in [3.05, 3.63) is 43.6 Å². The van der Waals surface area contributed by atoms with Gasteiger partial charge in [0.2, 0.25) is 5.82 Å². The quantitative estimate of drug-likeness (QED) is 0.423. The third-order valence-corrected chi connectivity index (χ3v) is 6.05. The summed E-state index contributed by atoms with van der Waals surface area (Å²) < 4.78 is 1.58. The fourth-order valence-electron chi connectivity index (χ4n) is 3.72. The molecule has 0 saturated carbocycles. The van der Waals surface area contributed by atoms with Crippen LogP contribution < -0.4 is 15.5 Å². The largest absolute Gasteiger partial charge is 0.396 e. The number of pyridine rings is 2. The summed E-state index contributed by atoms with van der Waals surface area (Å²) in [6.45, 7) is 3.88. The Hall–Kier alpha value is -1.94. The van der Waals surface area contributed by atoms with Crippen LogP contribution in [0.5, 0.6) is 0 Å². The van der Waals surface area contributed by atoms with Gasteiger partial charge >= 0.3 is 5.69 Å². The van der Waals surface area contributed by atoms with Gasteiger partial charge in [-0.1, -0.05) is 0 Å². The van der Waals surface area contributed by atoms with Gasteiger partial charge in [0, 0.05) is 53.6 Å². The second kappa shape index (κ2) is 10.9. The first-order valence-corrected chi connectivity index (χ1v) is 11.7. The third-order valence-electron chi connectivity index (χ3n) is 5.18. The van der Waals surface area contributed by atoms with Crippen molar-refractivity contribution >= 4 is 54.9 Å². The molecule has 10 heteroatoms. The van der Waals surface area contributed by atoms with Crippen molar-refractivity contribution < 1.29 is 4.92 Å². The van der Waals surface area contributed by atoms with Crippen LogP contribution in [0.2, 0.25) is 0 Å². The number of piperidine rings is 2. The van der Waals surface area contributed by atoms with Gasteiger partial charge in [0.05, 0.1) is 10.6 Å². The van der Waals surface area contributed by atoms with E-state index in [4.69, 9.17) is 5.73 Å². The predicted octanol–water partition coefficient (Wildman–Crippen LogP) is 5.16. The Morgan fingerprint density at radius 1 is 0.833 bits per heavy atom. The first-order valence-electron chi connectivity index (χ1n) is 10.2. The van der Waals surface area contributed by atoms with Crippen LogP contribution in [0.3, 0.4) is 0 Å². The van der Waals surface area contributed by atoms with Crippen LogP contribution >= 0.6 is 31.9 Å². The molecule has 4 heterocycles. The van der Waals surface area contributed by atoms with E-state index in [1.54, 1.807) is 12.4 Å². The smallest absolute Gasteiger partial charge is 0.312 e. The minimum Gasteiger partial charge on any atom is -0.396 e. The molecule has 2 fully saturated rings. The summed E-state index contributed by atoms with van der Waals surface area (Å²) in [7, 11) is 0. The molecule has 0 amide bonds. The summed E-state index contributed by atoms with van der Waals surface area (Å²) in [5, 5.41) is 10.9. The Labute approximate surface area is 193 Å². The van der Waals surface area contributed by atoms with Crippen molar-refractivity contribution in [3.63, 3.8) is 0 Å². The molecule has 2 aliphatic heterocycles. The van der Waals surface area contributed by atoms with Crippen molar-refractivity contribution in [2.45, 2.75) is 38.5 Å². The number of anilines is 3. The molecular weight excluding hydrogens is 516 g/mol. The fourth-order valence-corrected chi connectivity index (χ4v) is 4.39. The molecule has 2 saturated heterocycles. The summed E-state index contributed by atoms with van der Waals surface area (Å²) >= 11 is 6.56. The molecule has 162 valence electrons.